The smallest absolute Gasteiger partial charge is 0.304 e. The number of carboxylic acids is 1. The number of hydrogen-bond acceptors (Lipinski definition) is 4. The van der Waals surface area contributed by atoms with Crippen LogP contribution in [0.25, 0.3) is 0 Å². The van der Waals surface area contributed by atoms with Gasteiger partial charge in [-0.25, -0.2) is 13.1 Å². The van der Waals surface area contributed by atoms with Gasteiger partial charge in [0.2, 0.25) is 10.0 Å². The van der Waals surface area contributed by atoms with E-state index < -0.39 is 16.0 Å². The van der Waals surface area contributed by atoms with Crippen molar-refractivity contribution in [2.45, 2.75) is 11.3 Å². The Kier molecular flexibility index (Phi) is 5.12. The van der Waals surface area contributed by atoms with Crippen molar-refractivity contribution in [1.82, 2.24) is 4.72 Å². The summed E-state index contributed by atoms with van der Waals surface area (Å²) in [5, 5.41) is 8.46. The summed E-state index contributed by atoms with van der Waals surface area (Å²) in [5.74, 6) is -0.875. The Labute approximate surface area is 113 Å². The molecular weight excluding hydrogens is 326 g/mol. The van der Waals surface area contributed by atoms with Gasteiger partial charge in [-0.15, -0.1) is 0 Å². The van der Waals surface area contributed by atoms with E-state index in [2.05, 4.69) is 20.7 Å². The van der Waals surface area contributed by atoms with Crippen molar-refractivity contribution in [3.8, 4) is 5.75 Å². The summed E-state index contributed by atoms with van der Waals surface area (Å²) in [6.07, 6.45) is -0.282. The lowest BCUT2D eigenvalue weighted by Gasteiger charge is -2.10. The number of sulfonamides is 1. The molecular formula is C10H12BrNO5S. The summed E-state index contributed by atoms with van der Waals surface area (Å²) < 4.78 is 31.6. The molecule has 1 rings (SSSR count). The summed E-state index contributed by atoms with van der Waals surface area (Å²) in [6, 6.07) is 4.55. The summed E-state index contributed by atoms with van der Waals surface area (Å²) in [7, 11) is -2.43. The normalized spacial score (nSPS) is 11.2. The third-order valence-electron chi connectivity index (χ3n) is 2.05. The van der Waals surface area contributed by atoms with Crippen LogP contribution in [0.3, 0.4) is 0 Å². The van der Waals surface area contributed by atoms with Crippen LogP contribution in [0.1, 0.15) is 6.42 Å². The topological polar surface area (TPSA) is 92.7 Å². The third kappa shape index (κ3) is 3.97. The lowest BCUT2D eigenvalue weighted by Crippen LogP contribution is -2.26. The first-order valence-corrected chi connectivity index (χ1v) is 7.19. The molecule has 0 radical (unpaired) electrons. The highest BCUT2D eigenvalue weighted by Gasteiger charge is 2.19. The van der Waals surface area contributed by atoms with Gasteiger partial charge in [0.1, 0.15) is 10.6 Å². The molecule has 0 aliphatic rings. The molecule has 0 aromatic heterocycles. The van der Waals surface area contributed by atoms with Crippen molar-refractivity contribution in [3.63, 3.8) is 0 Å². The van der Waals surface area contributed by atoms with Crippen LogP contribution >= 0.6 is 15.9 Å². The predicted octanol–water partition coefficient (Wildman–Crippen LogP) is 1.21. The maximum Gasteiger partial charge on any atom is 0.304 e. The number of nitrogens with one attached hydrogen (secondary N) is 1. The number of halogens is 1. The highest BCUT2D eigenvalue weighted by molar-refractivity contribution is 9.10. The van der Waals surface area contributed by atoms with Crippen molar-refractivity contribution in [2.24, 2.45) is 0 Å². The molecule has 0 bridgehead atoms. The van der Waals surface area contributed by atoms with Crippen LogP contribution < -0.4 is 9.46 Å². The van der Waals surface area contributed by atoms with E-state index in [1.807, 2.05) is 0 Å². The number of methoxy groups -OCH3 is 1. The highest BCUT2D eigenvalue weighted by Crippen LogP contribution is 2.26. The first-order valence-electron chi connectivity index (χ1n) is 4.92. The standard InChI is InChI=1S/C10H12BrNO5S/c1-17-8-3-2-7(11)6-9(8)18(15,16)12-5-4-10(13)14/h2-3,6,12H,4-5H2,1H3,(H,13,14). The third-order valence-corrected chi connectivity index (χ3v) is 4.02. The molecule has 6 nitrogen and oxygen atoms in total. The van der Waals surface area contributed by atoms with Gasteiger partial charge >= 0.3 is 5.97 Å². The van der Waals surface area contributed by atoms with Crippen molar-refractivity contribution in [2.75, 3.05) is 13.7 Å². The molecule has 100 valence electrons. The Bertz CT molecular complexity index is 543. The van der Waals surface area contributed by atoms with Gasteiger partial charge < -0.3 is 9.84 Å². The molecule has 0 aliphatic heterocycles. The van der Waals surface area contributed by atoms with Gasteiger partial charge in [-0.3, -0.25) is 4.79 Å². The minimum Gasteiger partial charge on any atom is -0.495 e. The molecule has 8 heteroatoms. The number of rotatable bonds is 6. The molecule has 2 N–H and O–H groups in total. The van der Waals surface area contributed by atoms with E-state index in [-0.39, 0.29) is 23.6 Å². The lowest BCUT2D eigenvalue weighted by molar-refractivity contribution is -0.136. The van der Waals surface area contributed by atoms with Crippen LogP contribution in [-0.4, -0.2) is 33.1 Å². The van der Waals surface area contributed by atoms with Crippen molar-refractivity contribution in [1.29, 1.82) is 0 Å². The molecule has 0 saturated carbocycles. The van der Waals surface area contributed by atoms with Gasteiger partial charge in [0.25, 0.3) is 0 Å². The van der Waals surface area contributed by atoms with E-state index in [0.717, 1.165) is 0 Å². The van der Waals surface area contributed by atoms with E-state index in [9.17, 15) is 13.2 Å². The fourth-order valence-electron chi connectivity index (χ4n) is 1.23. The van der Waals surface area contributed by atoms with Crippen LogP contribution in [0, 0.1) is 0 Å². The van der Waals surface area contributed by atoms with Gasteiger partial charge in [0.05, 0.1) is 13.5 Å². The van der Waals surface area contributed by atoms with Gasteiger partial charge in [-0.2, -0.15) is 0 Å². The second-order valence-electron chi connectivity index (χ2n) is 3.34. The number of ether oxygens (including phenoxy) is 1. The molecule has 1 aromatic rings. The first-order chi connectivity index (χ1) is 8.36. The second kappa shape index (κ2) is 6.17. The van der Waals surface area contributed by atoms with E-state index in [1.165, 1.54) is 19.2 Å². The van der Waals surface area contributed by atoms with E-state index in [4.69, 9.17) is 9.84 Å². The Balaban J connectivity index is 2.97. The van der Waals surface area contributed by atoms with Gasteiger partial charge in [-0.05, 0) is 18.2 Å². The number of carboxylic acid groups (broad SMARTS) is 1. The summed E-state index contributed by atoms with van der Waals surface area (Å²) in [5.41, 5.74) is 0. The maximum absolute atomic E-state index is 11.9. The molecule has 0 saturated heterocycles. The first kappa shape index (κ1) is 14.9. The quantitative estimate of drug-likeness (QED) is 0.813. The summed E-state index contributed by atoms with van der Waals surface area (Å²) in [4.78, 5) is 10.3. The Morgan fingerprint density at radius 1 is 1.50 bits per heavy atom. The van der Waals surface area contributed by atoms with Crippen molar-refractivity contribution < 1.29 is 23.1 Å². The number of aliphatic carboxylic acids is 1. The summed E-state index contributed by atoms with van der Waals surface area (Å²) in [6.45, 7) is -0.173. The molecule has 0 atom stereocenters. The number of hydrogen-bond donors (Lipinski definition) is 2. The van der Waals surface area contributed by atoms with Crippen molar-refractivity contribution in [3.05, 3.63) is 22.7 Å². The molecule has 0 amide bonds. The molecule has 0 aliphatic carbocycles. The second-order valence-corrected chi connectivity index (χ2v) is 5.99. The zero-order chi connectivity index (χ0) is 13.8. The van der Waals surface area contributed by atoms with Gasteiger partial charge in [0.15, 0.2) is 0 Å². The van der Waals surface area contributed by atoms with Crippen LogP contribution in [0.15, 0.2) is 27.6 Å². The zero-order valence-corrected chi connectivity index (χ0v) is 11.9. The molecule has 1 aromatic carbocycles. The monoisotopic (exact) mass is 337 g/mol. The largest absolute Gasteiger partial charge is 0.495 e. The number of benzene rings is 1. The van der Waals surface area contributed by atoms with Crippen molar-refractivity contribution >= 4 is 31.9 Å². The van der Waals surface area contributed by atoms with Crippen LogP contribution in [0.4, 0.5) is 0 Å². The minimum atomic E-state index is -3.79. The van der Waals surface area contributed by atoms with Gasteiger partial charge in [-0.1, -0.05) is 15.9 Å². The van der Waals surface area contributed by atoms with E-state index in [1.54, 1.807) is 6.07 Å². The average molecular weight is 338 g/mol. The maximum atomic E-state index is 11.9. The molecule has 0 spiro atoms. The molecule has 18 heavy (non-hydrogen) atoms. The van der Waals surface area contributed by atoms with E-state index in [0.29, 0.717) is 4.47 Å². The van der Waals surface area contributed by atoms with Crippen LogP contribution in [0.2, 0.25) is 0 Å². The average Bonchev–Trinajstić information content (AvgIpc) is 2.28. The SMILES string of the molecule is COc1ccc(Br)cc1S(=O)(=O)NCCC(=O)O. The Hall–Kier alpha value is -1.12. The van der Waals surface area contributed by atoms with E-state index >= 15 is 0 Å². The number of carbonyl (C=O) groups is 1. The fraction of sp³-hybridized carbons (Fsp3) is 0.300. The zero-order valence-electron chi connectivity index (χ0n) is 9.51. The summed E-state index contributed by atoms with van der Waals surface area (Å²) >= 11 is 3.17. The Morgan fingerprint density at radius 2 is 2.17 bits per heavy atom. The predicted molar refractivity (Wildman–Crippen MR) is 68.1 cm³/mol. The Morgan fingerprint density at radius 3 is 2.72 bits per heavy atom. The van der Waals surface area contributed by atoms with Gasteiger partial charge in [0, 0.05) is 11.0 Å². The lowest BCUT2D eigenvalue weighted by atomic mass is 10.3. The fourth-order valence-corrected chi connectivity index (χ4v) is 2.97. The van der Waals surface area contributed by atoms with Crippen LogP contribution in [0.5, 0.6) is 5.75 Å². The minimum absolute atomic E-state index is 0.0373. The molecule has 0 fully saturated rings. The van der Waals surface area contributed by atoms with Crippen LogP contribution in [-0.2, 0) is 14.8 Å². The highest BCUT2D eigenvalue weighted by atomic mass is 79.9. The molecule has 0 unspecified atom stereocenters. The molecule has 0 heterocycles.